The molecule has 0 aliphatic carbocycles. The van der Waals surface area contributed by atoms with E-state index < -0.39 is 0 Å². The highest BCUT2D eigenvalue weighted by Gasteiger charge is 2.35. The van der Waals surface area contributed by atoms with Crippen molar-refractivity contribution in [2.45, 2.75) is 19.1 Å². The Hall–Kier alpha value is -0.570. The molecule has 0 saturated carbocycles. The van der Waals surface area contributed by atoms with Crippen LogP contribution in [0.25, 0.3) is 0 Å². The van der Waals surface area contributed by atoms with Crippen molar-refractivity contribution < 1.29 is 9.53 Å². The molecule has 3 heteroatoms. The molecule has 0 unspecified atom stereocenters. The van der Waals surface area contributed by atoms with E-state index in [0.717, 1.165) is 0 Å². The van der Waals surface area contributed by atoms with Gasteiger partial charge < -0.3 is 10.5 Å². The molecule has 0 amide bonds. The van der Waals surface area contributed by atoms with Crippen molar-refractivity contribution in [2.75, 3.05) is 0 Å². The van der Waals surface area contributed by atoms with Crippen LogP contribution in [0.2, 0.25) is 0 Å². The number of carbonyl (C=O) groups excluding carboxylic acids is 1. The number of hydrogen-bond donors (Lipinski definition) is 1. The molecule has 1 heterocycles. The third-order valence-electron chi connectivity index (χ3n) is 1.08. The minimum atomic E-state index is -0.361. The van der Waals surface area contributed by atoms with E-state index in [1.165, 1.54) is 0 Å². The third kappa shape index (κ3) is 0.489. The van der Waals surface area contributed by atoms with E-state index >= 15 is 0 Å². The summed E-state index contributed by atoms with van der Waals surface area (Å²) in [5.74, 6) is -0.285. The fourth-order valence-corrected chi connectivity index (χ4v) is 0.454. The van der Waals surface area contributed by atoms with Gasteiger partial charge in [0.2, 0.25) is 0 Å². The second-order valence-electron chi connectivity index (χ2n) is 1.67. The molecule has 0 aromatic heterocycles. The fourth-order valence-electron chi connectivity index (χ4n) is 0.454. The molecular formula is C4H7NO2. The van der Waals surface area contributed by atoms with Gasteiger partial charge in [-0.25, -0.2) is 0 Å². The van der Waals surface area contributed by atoms with Crippen molar-refractivity contribution >= 4 is 5.97 Å². The quantitative estimate of drug-likeness (QED) is 0.409. The molecule has 1 fully saturated rings. The van der Waals surface area contributed by atoms with Gasteiger partial charge in [0.15, 0.2) is 0 Å². The average Bonchev–Trinajstić information content (AvgIpc) is 1.68. The number of hydrogen-bond acceptors (Lipinski definition) is 3. The van der Waals surface area contributed by atoms with Crippen LogP contribution < -0.4 is 5.73 Å². The summed E-state index contributed by atoms with van der Waals surface area (Å²) in [6.07, 6.45) is -0.0625. The topological polar surface area (TPSA) is 52.3 Å². The summed E-state index contributed by atoms with van der Waals surface area (Å²) < 4.78 is 4.49. The smallest absolute Gasteiger partial charge is 0.327 e. The molecule has 0 spiro atoms. The van der Waals surface area contributed by atoms with Crippen molar-refractivity contribution in [1.29, 1.82) is 0 Å². The number of esters is 1. The maximum Gasteiger partial charge on any atom is 0.327 e. The number of rotatable bonds is 0. The van der Waals surface area contributed by atoms with E-state index in [9.17, 15) is 4.79 Å². The zero-order valence-electron chi connectivity index (χ0n) is 4.05. The summed E-state index contributed by atoms with van der Waals surface area (Å²) >= 11 is 0. The van der Waals surface area contributed by atoms with Gasteiger partial charge >= 0.3 is 5.97 Å². The standard InChI is InChI=1S/C4H7NO2/c1-2-3(5)4(6)7-2/h2-3H,5H2,1H3/t2-,3-/m0/s1. The predicted octanol–water partition coefficient (Wildman–Crippen LogP) is -0.741. The summed E-state index contributed by atoms with van der Waals surface area (Å²) in [5, 5.41) is 0. The van der Waals surface area contributed by atoms with Crippen LogP contribution >= 0.6 is 0 Å². The van der Waals surface area contributed by atoms with Crippen molar-refractivity contribution in [3.05, 3.63) is 0 Å². The van der Waals surface area contributed by atoms with Crippen molar-refractivity contribution in [3.8, 4) is 0 Å². The van der Waals surface area contributed by atoms with E-state index in [-0.39, 0.29) is 18.1 Å². The van der Waals surface area contributed by atoms with E-state index in [2.05, 4.69) is 4.74 Å². The van der Waals surface area contributed by atoms with Crippen LogP contribution in [0.15, 0.2) is 0 Å². The predicted molar refractivity (Wildman–Crippen MR) is 23.5 cm³/mol. The summed E-state index contributed by atoms with van der Waals surface area (Å²) in [7, 11) is 0. The van der Waals surface area contributed by atoms with E-state index in [0.29, 0.717) is 0 Å². The number of cyclic esters (lactones) is 1. The highest BCUT2D eigenvalue weighted by Crippen LogP contribution is 2.09. The minimum absolute atomic E-state index is 0.0625. The molecule has 1 saturated heterocycles. The summed E-state index contributed by atoms with van der Waals surface area (Å²) in [6, 6.07) is -0.361. The van der Waals surface area contributed by atoms with Crippen LogP contribution in [0.5, 0.6) is 0 Å². The largest absolute Gasteiger partial charge is 0.459 e. The lowest BCUT2D eigenvalue weighted by atomic mass is 10.1. The van der Waals surface area contributed by atoms with Gasteiger partial charge in [-0.15, -0.1) is 0 Å². The molecule has 1 aliphatic rings. The Bertz CT molecular complexity index is 102. The Labute approximate surface area is 41.4 Å². The first-order valence-electron chi connectivity index (χ1n) is 2.18. The molecule has 2 atom stereocenters. The first-order valence-corrected chi connectivity index (χ1v) is 2.18. The summed E-state index contributed by atoms with van der Waals surface area (Å²) in [5.41, 5.74) is 5.19. The highest BCUT2D eigenvalue weighted by atomic mass is 16.6. The summed E-state index contributed by atoms with van der Waals surface area (Å²) in [6.45, 7) is 1.77. The van der Waals surface area contributed by atoms with Gasteiger partial charge in [-0.2, -0.15) is 0 Å². The Kier molecular flexibility index (Phi) is 0.785. The lowest BCUT2D eigenvalue weighted by molar-refractivity contribution is -0.171. The lowest BCUT2D eigenvalue weighted by Crippen LogP contribution is -2.54. The molecule has 2 N–H and O–H groups in total. The zero-order chi connectivity index (χ0) is 5.44. The molecule has 7 heavy (non-hydrogen) atoms. The van der Waals surface area contributed by atoms with Gasteiger partial charge in [0.25, 0.3) is 0 Å². The average molecular weight is 101 g/mol. The van der Waals surface area contributed by atoms with Gasteiger partial charge in [-0.05, 0) is 6.92 Å². The molecule has 0 bridgehead atoms. The normalized spacial score (nSPS) is 39.4. The van der Waals surface area contributed by atoms with Gasteiger partial charge in [-0.3, -0.25) is 4.79 Å². The van der Waals surface area contributed by atoms with Crippen molar-refractivity contribution in [3.63, 3.8) is 0 Å². The second kappa shape index (κ2) is 1.20. The maximum absolute atomic E-state index is 10.1. The van der Waals surface area contributed by atoms with Crippen LogP contribution in [0, 0.1) is 0 Å². The summed E-state index contributed by atoms with van der Waals surface area (Å²) in [4.78, 5) is 10.1. The first kappa shape index (κ1) is 4.59. The molecule has 3 nitrogen and oxygen atoms in total. The monoisotopic (exact) mass is 101 g/mol. The van der Waals surface area contributed by atoms with Crippen molar-refractivity contribution in [2.24, 2.45) is 5.73 Å². The molecule has 0 aromatic rings. The van der Waals surface area contributed by atoms with E-state index in [4.69, 9.17) is 5.73 Å². The number of ether oxygens (including phenoxy) is 1. The van der Waals surface area contributed by atoms with E-state index in [1.807, 2.05) is 0 Å². The van der Waals surface area contributed by atoms with Crippen LogP contribution in [-0.4, -0.2) is 18.1 Å². The maximum atomic E-state index is 10.1. The SMILES string of the molecule is C[C@@H]1OC(=O)[C@H]1N. The second-order valence-corrected chi connectivity index (χ2v) is 1.67. The fraction of sp³-hybridized carbons (Fsp3) is 0.750. The van der Waals surface area contributed by atoms with Crippen LogP contribution in [0.1, 0.15) is 6.92 Å². The molecule has 0 radical (unpaired) electrons. The van der Waals surface area contributed by atoms with Gasteiger partial charge in [0, 0.05) is 0 Å². The third-order valence-corrected chi connectivity index (χ3v) is 1.08. The molecule has 1 rings (SSSR count). The minimum Gasteiger partial charge on any atom is -0.459 e. The molecule has 1 aliphatic heterocycles. The number of nitrogens with two attached hydrogens (primary N) is 1. The molecule has 0 aromatic carbocycles. The Balaban J connectivity index is 2.43. The highest BCUT2D eigenvalue weighted by molar-refractivity contribution is 5.81. The van der Waals surface area contributed by atoms with Crippen LogP contribution in [0.4, 0.5) is 0 Å². The van der Waals surface area contributed by atoms with Crippen LogP contribution in [0.3, 0.4) is 0 Å². The zero-order valence-corrected chi connectivity index (χ0v) is 4.05. The Morgan fingerprint density at radius 2 is 2.43 bits per heavy atom. The van der Waals surface area contributed by atoms with Gasteiger partial charge in [-0.1, -0.05) is 0 Å². The van der Waals surface area contributed by atoms with Gasteiger partial charge in [0.1, 0.15) is 12.1 Å². The van der Waals surface area contributed by atoms with Crippen molar-refractivity contribution in [1.82, 2.24) is 0 Å². The number of carbonyl (C=O) groups is 1. The van der Waals surface area contributed by atoms with E-state index in [1.54, 1.807) is 6.92 Å². The molecular weight excluding hydrogens is 94.0 g/mol. The Morgan fingerprint density at radius 3 is 2.43 bits per heavy atom. The Morgan fingerprint density at radius 1 is 1.86 bits per heavy atom. The lowest BCUT2D eigenvalue weighted by Gasteiger charge is -2.28. The van der Waals surface area contributed by atoms with Crippen LogP contribution in [-0.2, 0) is 9.53 Å². The van der Waals surface area contributed by atoms with Gasteiger partial charge in [0.05, 0.1) is 0 Å². The molecule has 40 valence electrons. The first-order chi connectivity index (χ1) is 3.22.